The number of ether oxygens (including phenoxy) is 1. The van der Waals surface area contributed by atoms with E-state index in [2.05, 4.69) is 10.3 Å². The molecule has 2 fully saturated rings. The fourth-order valence-electron chi connectivity index (χ4n) is 3.31. The van der Waals surface area contributed by atoms with E-state index in [9.17, 15) is 4.79 Å². The maximum Gasteiger partial charge on any atom is 0.395 e. The number of nitrogens with zero attached hydrogens (tertiary/aromatic N) is 1. The summed E-state index contributed by atoms with van der Waals surface area (Å²) in [6.45, 7) is 0.835. The zero-order valence-corrected chi connectivity index (χ0v) is 13.0. The summed E-state index contributed by atoms with van der Waals surface area (Å²) in [6, 6.07) is 8.02. The first-order chi connectivity index (χ1) is 11.2. The minimum absolute atomic E-state index is 0.0198. The molecule has 2 aliphatic rings. The molecular weight excluding hydrogens is 296 g/mol. The number of oxazole rings is 1. The Kier molecular flexibility index (Phi) is 5.12. The minimum Gasteiger partial charge on any atom is -0.479 e. The largest absolute Gasteiger partial charge is 0.479 e. The summed E-state index contributed by atoms with van der Waals surface area (Å²) in [5.41, 5.74) is 1.22. The molecule has 1 aromatic carbocycles. The average Bonchev–Trinajstić information content (AvgIpc) is 3.19. The Hall–Kier alpha value is -2.08. The zero-order valence-electron chi connectivity index (χ0n) is 13.0. The van der Waals surface area contributed by atoms with E-state index in [-0.39, 0.29) is 6.08 Å². The van der Waals surface area contributed by atoms with Crippen LogP contribution in [0.4, 0.5) is 0 Å². The molecule has 0 bridgehead atoms. The monoisotopic (exact) mass is 318 g/mol. The Labute approximate surface area is 134 Å². The molecule has 2 atom stereocenters. The highest BCUT2D eigenvalue weighted by molar-refractivity contribution is 5.73. The average molecular weight is 318 g/mol. The number of fused-ring (bicyclic) bond motifs is 2. The lowest BCUT2D eigenvalue weighted by atomic mass is 9.86. The molecule has 0 amide bonds. The van der Waals surface area contributed by atoms with Gasteiger partial charge in [-0.2, -0.15) is 4.98 Å². The van der Waals surface area contributed by atoms with Crippen LogP contribution in [0.3, 0.4) is 0 Å². The summed E-state index contributed by atoms with van der Waals surface area (Å²) in [7, 11) is 0. The van der Waals surface area contributed by atoms with Crippen molar-refractivity contribution in [2.45, 2.75) is 38.1 Å². The molecule has 2 N–H and O–H groups in total. The van der Waals surface area contributed by atoms with Gasteiger partial charge in [-0.1, -0.05) is 25.0 Å². The van der Waals surface area contributed by atoms with Crippen LogP contribution < -0.4 is 10.1 Å². The summed E-state index contributed by atoms with van der Waals surface area (Å²) in [6.07, 6.45) is 7.33. The van der Waals surface area contributed by atoms with Gasteiger partial charge >= 0.3 is 12.0 Å². The number of nitrogens with one attached hydrogen (secondary N) is 1. The molecule has 1 saturated heterocycles. The number of hydrogen-bond donors (Lipinski definition) is 2. The van der Waals surface area contributed by atoms with E-state index in [1.807, 2.05) is 6.07 Å². The highest BCUT2D eigenvalue weighted by Gasteiger charge is 2.28. The lowest BCUT2D eigenvalue weighted by Crippen LogP contribution is -2.29. The Morgan fingerprint density at radius 3 is 2.91 bits per heavy atom. The summed E-state index contributed by atoms with van der Waals surface area (Å²) in [5.74, 6) is -0.00833. The number of rotatable bonds is 3. The van der Waals surface area contributed by atoms with Crippen LogP contribution in [0.25, 0.3) is 11.1 Å². The molecule has 6 nitrogen and oxygen atoms in total. The quantitative estimate of drug-likeness (QED) is 0.905. The number of hydrogen-bond acceptors (Lipinski definition) is 5. The number of aliphatic carboxylic acids is 1. The van der Waals surface area contributed by atoms with Gasteiger partial charge in [0.25, 0.3) is 0 Å². The lowest BCUT2D eigenvalue weighted by molar-refractivity contribution is -0.139. The Bertz CT molecular complexity index is 610. The van der Waals surface area contributed by atoms with Crippen molar-refractivity contribution < 1.29 is 19.1 Å². The predicted octanol–water partition coefficient (Wildman–Crippen LogP) is 2.83. The van der Waals surface area contributed by atoms with Gasteiger partial charge in [-0.3, -0.25) is 0 Å². The molecule has 1 saturated carbocycles. The SMILES string of the molecule is C1CCC2NCCC2C1.O=C(O)COc1nc2ccccc2o1. The van der Waals surface area contributed by atoms with Crippen molar-refractivity contribution in [1.29, 1.82) is 0 Å². The zero-order chi connectivity index (χ0) is 16.1. The highest BCUT2D eigenvalue weighted by atomic mass is 16.6. The second-order valence-corrected chi connectivity index (χ2v) is 6.02. The van der Waals surface area contributed by atoms with Crippen LogP contribution >= 0.6 is 0 Å². The van der Waals surface area contributed by atoms with Gasteiger partial charge in [-0.15, -0.1) is 0 Å². The summed E-state index contributed by atoms with van der Waals surface area (Å²) in [5, 5.41) is 11.9. The molecule has 0 radical (unpaired) electrons. The molecule has 0 spiro atoms. The van der Waals surface area contributed by atoms with Crippen LogP contribution in [0.2, 0.25) is 0 Å². The molecule has 23 heavy (non-hydrogen) atoms. The summed E-state index contributed by atoms with van der Waals surface area (Å²) < 4.78 is 9.90. The van der Waals surface area contributed by atoms with Gasteiger partial charge in [0.15, 0.2) is 12.2 Å². The third-order valence-electron chi connectivity index (χ3n) is 4.42. The van der Waals surface area contributed by atoms with Gasteiger partial charge in [-0.05, 0) is 43.9 Å². The molecule has 2 aromatic rings. The van der Waals surface area contributed by atoms with E-state index >= 15 is 0 Å². The fourth-order valence-corrected chi connectivity index (χ4v) is 3.31. The Balaban J connectivity index is 0.000000149. The third-order valence-corrected chi connectivity index (χ3v) is 4.42. The smallest absolute Gasteiger partial charge is 0.395 e. The van der Waals surface area contributed by atoms with Crippen LogP contribution in [-0.4, -0.2) is 35.3 Å². The highest BCUT2D eigenvalue weighted by Crippen LogP contribution is 2.30. The molecule has 6 heteroatoms. The molecule has 1 aliphatic carbocycles. The standard InChI is InChI=1S/C9H7NO4.C8H15N/c11-8(12)5-13-9-10-6-3-1-2-4-7(6)14-9;1-2-4-8-7(3-1)5-6-9-8/h1-4H,5H2,(H,11,12);7-9H,1-6H2. The number of aromatic nitrogens is 1. The van der Waals surface area contributed by atoms with Crippen molar-refractivity contribution in [3.05, 3.63) is 24.3 Å². The summed E-state index contributed by atoms with van der Waals surface area (Å²) >= 11 is 0. The van der Waals surface area contributed by atoms with E-state index < -0.39 is 12.6 Å². The second-order valence-electron chi connectivity index (χ2n) is 6.02. The van der Waals surface area contributed by atoms with Gasteiger partial charge in [0.1, 0.15) is 5.52 Å². The maximum atomic E-state index is 10.2. The Morgan fingerprint density at radius 1 is 1.30 bits per heavy atom. The molecular formula is C17H22N2O4. The Morgan fingerprint density at radius 2 is 2.13 bits per heavy atom. The maximum absolute atomic E-state index is 10.2. The van der Waals surface area contributed by atoms with E-state index in [1.165, 1.54) is 38.6 Å². The van der Waals surface area contributed by atoms with Gasteiger partial charge in [0.2, 0.25) is 0 Å². The third kappa shape index (κ3) is 4.22. The van der Waals surface area contributed by atoms with Crippen molar-refractivity contribution in [2.24, 2.45) is 5.92 Å². The minimum atomic E-state index is -1.06. The van der Waals surface area contributed by atoms with Crippen molar-refractivity contribution in [2.75, 3.05) is 13.2 Å². The molecule has 124 valence electrons. The first-order valence-electron chi connectivity index (χ1n) is 8.16. The first-order valence-corrected chi connectivity index (χ1v) is 8.16. The first kappa shape index (κ1) is 15.8. The predicted molar refractivity (Wildman–Crippen MR) is 85.5 cm³/mol. The number of benzene rings is 1. The normalized spacial score (nSPS) is 23.0. The van der Waals surface area contributed by atoms with Gasteiger partial charge < -0.3 is 19.6 Å². The van der Waals surface area contributed by atoms with Gasteiger partial charge in [-0.25, -0.2) is 4.79 Å². The number of carboxylic acid groups (broad SMARTS) is 1. The number of carbonyl (C=O) groups is 1. The second kappa shape index (κ2) is 7.46. The summed E-state index contributed by atoms with van der Waals surface area (Å²) in [4.78, 5) is 14.1. The van der Waals surface area contributed by atoms with Crippen LogP contribution in [0.15, 0.2) is 28.7 Å². The van der Waals surface area contributed by atoms with E-state index in [0.29, 0.717) is 11.1 Å². The van der Waals surface area contributed by atoms with Crippen molar-refractivity contribution in [1.82, 2.24) is 10.3 Å². The lowest BCUT2D eigenvalue weighted by Gasteiger charge is -2.24. The van der Waals surface area contributed by atoms with Crippen LogP contribution in [0, 0.1) is 5.92 Å². The van der Waals surface area contributed by atoms with Crippen LogP contribution in [0.1, 0.15) is 32.1 Å². The van der Waals surface area contributed by atoms with E-state index in [4.69, 9.17) is 14.3 Å². The molecule has 2 heterocycles. The fraction of sp³-hybridized carbons (Fsp3) is 0.529. The molecule has 1 aliphatic heterocycles. The molecule has 2 unspecified atom stereocenters. The number of para-hydroxylation sites is 2. The van der Waals surface area contributed by atoms with Gasteiger partial charge in [0.05, 0.1) is 0 Å². The van der Waals surface area contributed by atoms with Crippen molar-refractivity contribution >= 4 is 17.1 Å². The van der Waals surface area contributed by atoms with Crippen molar-refractivity contribution in [3.63, 3.8) is 0 Å². The van der Waals surface area contributed by atoms with Crippen molar-refractivity contribution in [3.8, 4) is 6.08 Å². The molecule has 1 aromatic heterocycles. The molecule has 4 rings (SSSR count). The van der Waals surface area contributed by atoms with Crippen LogP contribution in [-0.2, 0) is 4.79 Å². The topological polar surface area (TPSA) is 84.6 Å². The van der Waals surface area contributed by atoms with Crippen LogP contribution in [0.5, 0.6) is 6.08 Å². The van der Waals surface area contributed by atoms with Gasteiger partial charge in [0, 0.05) is 6.04 Å². The number of carboxylic acids is 1. The van der Waals surface area contributed by atoms with E-state index in [1.54, 1.807) is 18.2 Å². The van der Waals surface area contributed by atoms with E-state index in [0.717, 1.165) is 12.0 Å².